The Kier molecular flexibility index (Phi) is 7.61. The number of likely N-dealkylation sites (tertiary alicyclic amines) is 1. The van der Waals surface area contributed by atoms with Crippen molar-refractivity contribution in [3.05, 3.63) is 11.1 Å². The molecular formula is C16H25N3O4S. The highest BCUT2D eigenvalue weighted by Gasteiger charge is 2.21. The summed E-state index contributed by atoms with van der Waals surface area (Å²) in [5.41, 5.74) is 0.620. The number of rotatable bonds is 8. The van der Waals surface area contributed by atoms with Crippen molar-refractivity contribution >= 4 is 28.3 Å². The lowest BCUT2D eigenvalue weighted by Crippen LogP contribution is -2.40. The van der Waals surface area contributed by atoms with E-state index in [1.807, 2.05) is 0 Å². The second kappa shape index (κ2) is 9.71. The molecule has 0 aliphatic carbocycles. The summed E-state index contributed by atoms with van der Waals surface area (Å²) in [5, 5.41) is 5.09. The maximum atomic E-state index is 12.1. The number of anilines is 1. The summed E-state index contributed by atoms with van der Waals surface area (Å²) >= 11 is 1.32. The van der Waals surface area contributed by atoms with Gasteiger partial charge in [0.15, 0.2) is 5.13 Å². The third kappa shape index (κ3) is 6.18. The number of amides is 1. The van der Waals surface area contributed by atoms with E-state index >= 15 is 0 Å². The predicted molar refractivity (Wildman–Crippen MR) is 92.1 cm³/mol. The van der Waals surface area contributed by atoms with E-state index < -0.39 is 0 Å². The van der Waals surface area contributed by atoms with Gasteiger partial charge in [0.05, 0.1) is 25.3 Å². The number of nitrogens with one attached hydrogen (secondary N) is 1. The average molecular weight is 355 g/mol. The Balaban J connectivity index is 1.73. The van der Waals surface area contributed by atoms with Gasteiger partial charge in [0, 0.05) is 19.1 Å². The third-order valence-electron chi connectivity index (χ3n) is 3.91. The minimum absolute atomic E-state index is 0.0720. The van der Waals surface area contributed by atoms with Crippen LogP contribution < -0.4 is 5.32 Å². The van der Waals surface area contributed by atoms with Crippen LogP contribution in [0.25, 0.3) is 0 Å². The summed E-state index contributed by atoms with van der Waals surface area (Å²) in [7, 11) is 1.73. The van der Waals surface area contributed by atoms with Gasteiger partial charge in [0.1, 0.15) is 0 Å². The summed E-state index contributed by atoms with van der Waals surface area (Å²) < 4.78 is 10.1. The van der Waals surface area contributed by atoms with Crippen LogP contribution in [0.4, 0.5) is 5.13 Å². The molecule has 0 radical (unpaired) electrons. The zero-order chi connectivity index (χ0) is 17.4. The van der Waals surface area contributed by atoms with Crippen molar-refractivity contribution in [2.24, 2.45) is 5.92 Å². The van der Waals surface area contributed by atoms with Crippen LogP contribution in [0.3, 0.4) is 0 Å². The van der Waals surface area contributed by atoms with Gasteiger partial charge in [-0.05, 0) is 38.8 Å². The second-order valence-electron chi connectivity index (χ2n) is 5.85. The largest absolute Gasteiger partial charge is 0.466 e. The zero-order valence-electron chi connectivity index (χ0n) is 14.2. The first kappa shape index (κ1) is 18.8. The number of piperidine rings is 1. The van der Waals surface area contributed by atoms with Crippen molar-refractivity contribution in [1.29, 1.82) is 0 Å². The van der Waals surface area contributed by atoms with Crippen molar-refractivity contribution in [3.63, 3.8) is 0 Å². The van der Waals surface area contributed by atoms with Crippen molar-refractivity contribution in [2.75, 3.05) is 45.3 Å². The van der Waals surface area contributed by atoms with Crippen molar-refractivity contribution < 1.29 is 19.1 Å². The first-order valence-electron chi connectivity index (χ1n) is 8.21. The molecule has 1 N–H and O–H groups in total. The topological polar surface area (TPSA) is 80.8 Å². The SMILES string of the molecule is CCOC(=O)Cc1csc(NC(=O)CN2CCC(COC)CC2)n1. The van der Waals surface area contributed by atoms with Crippen LogP contribution in [0.2, 0.25) is 0 Å². The molecule has 2 heterocycles. The van der Waals surface area contributed by atoms with Crippen LogP contribution in [0.5, 0.6) is 0 Å². The first-order valence-corrected chi connectivity index (χ1v) is 9.09. The molecule has 0 aromatic carbocycles. The fourth-order valence-corrected chi connectivity index (χ4v) is 3.44. The molecule has 0 atom stereocenters. The molecule has 0 bridgehead atoms. The van der Waals surface area contributed by atoms with E-state index in [2.05, 4.69) is 15.2 Å². The summed E-state index contributed by atoms with van der Waals surface area (Å²) in [6.45, 7) is 5.10. The molecule has 7 nitrogen and oxygen atoms in total. The Bertz CT molecular complexity index is 541. The lowest BCUT2D eigenvalue weighted by atomic mass is 9.98. The molecule has 1 amide bonds. The zero-order valence-corrected chi connectivity index (χ0v) is 15.1. The fraction of sp³-hybridized carbons (Fsp3) is 0.688. The number of carbonyl (C=O) groups excluding carboxylic acids is 2. The molecule has 24 heavy (non-hydrogen) atoms. The molecular weight excluding hydrogens is 330 g/mol. The summed E-state index contributed by atoms with van der Waals surface area (Å²) in [5.74, 6) is 0.218. The molecule has 1 aromatic heterocycles. The van der Waals surface area contributed by atoms with E-state index in [9.17, 15) is 9.59 Å². The highest BCUT2D eigenvalue weighted by Crippen LogP contribution is 2.18. The van der Waals surface area contributed by atoms with Gasteiger partial charge in [-0.3, -0.25) is 14.5 Å². The van der Waals surface area contributed by atoms with Crippen LogP contribution in [-0.4, -0.2) is 61.7 Å². The Hall–Kier alpha value is -1.51. The number of thiazole rings is 1. The molecule has 0 spiro atoms. The average Bonchev–Trinajstić information content (AvgIpc) is 2.96. The number of carbonyl (C=O) groups is 2. The maximum absolute atomic E-state index is 12.1. The molecule has 0 saturated carbocycles. The minimum atomic E-state index is -0.306. The monoisotopic (exact) mass is 355 g/mol. The molecule has 2 rings (SSSR count). The first-order chi connectivity index (χ1) is 11.6. The number of esters is 1. The Morgan fingerprint density at radius 3 is 2.83 bits per heavy atom. The summed E-state index contributed by atoms with van der Waals surface area (Å²) in [6, 6.07) is 0. The number of methoxy groups -OCH3 is 1. The molecule has 1 fully saturated rings. The standard InChI is InChI=1S/C16H25N3O4S/c1-3-23-15(21)8-13-11-24-16(17-13)18-14(20)9-19-6-4-12(5-7-19)10-22-2/h11-12H,3-10H2,1-2H3,(H,17,18,20). The van der Waals surface area contributed by atoms with Gasteiger partial charge in [0.2, 0.25) is 5.91 Å². The quantitative estimate of drug-likeness (QED) is 0.713. The lowest BCUT2D eigenvalue weighted by molar-refractivity contribution is -0.142. The highest BCUT2D eigenvalue weighted by molar-refractivity contribution is 7.13. The van der Waals surface area contributed by atoms with E-state index in [0.29, 0.717) is 29.9 Å². The molecule has 1 aliphatic rings. The number of hydrogen-bond donors (Lipinski definition) is 1. The van der Waals surface area contributed by atoms with E-state index in [1.165, 1.54) is 11.3 Å². The fourth-order valence-electron chi connectivity index (χ4n) is 2.71. The third-order valence-corrected chi connectivity index (χ3v) is 4.71. The number of ether oxygens (including phenoxy) is 2. The van der Waals surface area contributed by atoms with Gasteiger partial charge in [0.25, 0.3) is 0 Å². The van der Waals surface area contributed by atoms with Gasteiger partial charge in [-0.1, -0.05) is 0 Å². The number of hydrogen-bond acceptors (Lipinski definition) is 7. The van der Waals surface area contributed by atoms with Crippen LogP contribution in [0.15, 0.2) is 5.38 Å². The van der Waals surface area contributed by atoms with E-state index in [4.69, 9.17) is 9.47 Å². The van der Waals surface area contributed by atoms with E-state index in [0.717, 1.165) is 32.5 Å². The van der Waals surface area contributed by atoms with Crippen LogP contribution >= 0.6 is 11.3 Å². The van der Waals surface area contributed by atoms with Crippen molar-refractivity contribution in [3.8, 4) is 0 Å². The lowest BCUT2D eigenvalue weighted by Gasteiger charge is -2.30. The van der Waals surface area contributed by atoms with Crippen molar-refractivity contribution in [1.82, 2.24) is 9.88 Å². The summed E-state index contributed by atoms with van der Waals surface area (Å²) in [4.78, 5) is 29.9. The van der Waals surface area contributed by atoms with Gasteiger partial charge in [-0.15, -0.1) is 11.3 Å². The number of aromatic nitrogens is 1. The normalized spacial score (nSPS) is 16.1. The van der Waals surface area contributed by atoms with Crippen LogP contribution in [0.1, 0.15) is 25.5 Å². The molecule has 134 valence electrons. The summed E-state index contributed by atoms with van der Waals surface area (Å²) in [6.07, 6.45) is 2.25. The van der Waals surface area contributed by atoms with Gasteiger partial charge < -0.3 is 14.8 Å². The van der Waals surface area contributed by atoms with E-state index in [-0.39, 0.29) is 18.3 Å². The number of nitrogens with zero attached hydrogens (tertiary/aromatic N) is 2. The van der Waals surface area contributed by atoms with Crippen LogP contribution in [-0.2, 0) is 25.5 Å². The molecule has 0 unspecified atom stereocenters. The van der Waals surface area contributed by atoms with Crippen LogP contribution in [0, 0.1) is 5.92 Å². The van der Waals surface area contributed by atoms with Gasteiger partial charge in [-0.2, -0.15) is 0 Å². The molecule has 1 aromatic rings. The molecule has 8 heteroatoms. The highest BCUT2D eigenvalue weighted by atomic mass is 32.1. The van der Waals surface area contributed by atoms with E-state index in [1.54, 1.807) is 19.4 Å². The molecule has 1 saturated heterocycles. The Morgan fingerprint density at radius 1 is 1.42 bits per heavy atom. The second-order valence-corrected chi connectivity index (χ2v) is 6.71. The van der Waals surface area contributed by atoms with Gasteiger partial charge >= 0.3 is 5.97 Å². The maximum Gasteiger partial charge on any atom is 0.311 e. The Labute approximate surface area is 146 Å². The minimum Gasteiger partial charge on any atom is -0.466 e. The smallest absolute Gasteiger partial charge is 0.311 e. The molecule has 1 aliphatic heterocycles. The Morgan fingerprint density at radius 2 is 2.17 bits per heavy atom. The predicted octanol–water partition coefficient (Wildman–Crippen LogP) is 1.55. The van der Waals surface area contributed by atoms with Crippen molar-refractivity contribution in [2.45, 2.75) is 26.2 Å². The van der Waals surface area contributed by atoms with Gasteiger partial charge in [-0.25, -0.2) is 4.98 Å².